The minimum atomic E-state index is -0.288. The third kappa shape index (κ3) is 3.61. The Hall–Kier alpha value is -1.75. The van der Waals surface area contributed by atoms with E-state index in [0.717, 1.165) is 25.7 Å². The molecule has 0 aliphatic heterocycles. The van der Waals surface area contributed by atoms with Gasteiger partial charge in [0.25, 0.3) is 5.91 Å². The van der Waals surface area contributed by atoms with Crippen molar-refractivity contribution in [1.82, 2.24) is 5.48 Å². The second kappa shape index (κ2) is 6.43. The number of methoxy groups -OCH3 is 2. The molecule has 1 aliphatic carbocycles. The van der Waals surface area contributed by atoms with E-state index in [4.69, 9.17) is 14.3 Å². The average Bonchev–Trinajstić information content (AvgIpc) is 2.97. The first-order valence-electron chi connectivity index (χ1n) is 6.42. The summed E-state index contributed by atoms with van der Waals surface area (Å²) in [5.41, 5.74) is 2.95. The summed E-state index contributed by atoms with van der Waals surface area (Å²) in [5, 5.41) is 0. The van der Waals surface area contributed by atoms with Gasteiger partial charge in [-0.1, -0.05) is 12.8 Å². The van der Waals surface area contributed by atoms with Crippen LogP contribution in [-0.2, 0) is 4.84 Å². The minimum Gasteiger partial charge on any atom is -0.497 e. The zero-order chi connectivity index (χ0) is 13.7. The van der Waals surface area contributed by atoms with E-state index in [-0.39, 0.29) is 12.0 Å². The van der Waals surface area contributed by atoms with Crippen LogP contribution in [0.5, 0.6) is 11.5 Å². The molecule has 5 nitrogen and oxygen atoms in total. The standard InChI is InChI=1S/C14H19NO4/c1-17-12-7-10(8-13(9-12)18-2)14(16)15-19-11-5-3-4-6-11/h7-9,11H,3-6H2,1-2H3,(H,15,16). The Bertz CT molecular complexity index is 419. The van der Waals surface area contributed by atoms with E-state index in [9.17, 15) is 4.79 Å². The van der Waals surface area contributed by atoms with Gasteiger partial charge in [-0.2, -0.15) is 0 Å². The normalized spacial score (nSPS) is 15.3. The third-order valence-electron chi connectivity index (χ3n) is 3.23. The van der Waals surface area contributed by atoms with Gasteiger partial charge in [0.05, 0.1) is 20.3 Å². The molecule has 1 amide bonds. The molecule has 5 heteroatoms. The smallest absolute Gasteiger partial charge is 0.275 e. The average molecular weight is 265 g/mol. The number of rotatable bonds is 5. The van der Waals surface area contributed by atoms with Gasteiger partial charge in [-0.05, 0) is 25.0 Å². The number of nitrogens with one attached hydrogen (secondary N) is 1. The Morgan fingerprint density at radius 3 is 2.21 bits per heavy atom. The highest BCUT2D eigenvalue weighted by Gasteiger charge is 2.17. The minimum absolute atomic E-state index is 0.136. The highest BCUT2D eigenvalue weighted by atomic mass is 16.7. The lowest BCUT2D eigenvalue weighted by Crippen LogP contribution is -2.28. The molecule has 0 spiro atoms. The molecule has 0 atom stereocenters. The Balaban J connectivity index is 2.00. The van der Waals surface area contributed by atoms with Gasteiger partial charge in [0, 0.05) is 11.6 Å². The zero-order valence-electron chi connectivity index (χ0n) is 11.3. The van der Waals surface area contributed by atoms with Crippen molar-refractivity contribution in [3.8, 4) is 11.5 Å². The molecular weight excluding hydrogens is 246 g/mol. The summed E-state index contributed by atoms with van der Waals surface area (Å²) >= 11 is 0. The Morgan fingerprint density at radius 2 is 1.68 bits per heavy atom. The number of hydrogen-bond acceptors (Lipinski definition) is 4. The summed E-state index contributed by atoms with van der Waals surface area (Å²) in [6.45, 7) is 0. The van der Waals surface area contributed by atoms with Crippen molar-refractivity contribution in [1.29, 1.82) is 0 Å². The van der Waals surface area contributed by atoms with Crippen molar-refractivity contribution in [3.05, 3.63) is 23.8 Å². The molecular formula is C14H19NO4. The van der Waals surface area contributed by atoms with Crippen LogP contribution < -0.4 is 15.0 Å². The molecule has 2 rings (SSSR count). The van der Waals surface area contributed by atoms with E-state index in [1.165, 1.54) is 0 Å². The molecule has 0 unspecified atom stereocenters. The van der Waals surface area contributed by atoms with Gasteiger partial charge < -0.3 is 9.47 Å². The first-order chi connectivity index (χ1) is 9.22. The van der Waals surface area contributed by atoms with E-state index >= 15 is 0 Å². The van der Waals surface area contributed by atoms with Gasteiger partial charge in [0.15, 0.2) is 0 Å². The molecule has 1 aromatic rings. The lowest BCUT2D eigenvalue weighted by atomic mass is 10.2. The SMILES string of the molecule is COc1cc(OC)cc(C(=O)NOC2CCCC2)c1. The maximum atomic E-state index is 12.0. The van der Waals surface area contributed by atoms with E-state index in [1.54, 1.807) is 32.4 Å². The van der Waals surface area contributed by atoms with Crippen molar-refractivity contribution in [3.63, 3.8) is 0 Å². The maximum absolute atomic E-state index is 12.0. The number of ether oxygens (including phenoxy) is 2. The quantitative estimate of drug-likeness (QED) is 0.830. The Kier molecular flexibility index (Phi) is 4.63. The molecule has 0 aromatic heterocycles. The molecule has 1 fully saturated rings. The van der Waals surface area contributed by atoms with Crippen LogP contribution in [0.25, 0.3) is 0 Å². The first-order valence-corrected chi connectivity index (χ1v) is 6.42. The topological polar surface area (TPSA) is 56.8 Å². The number of hydroxylamine groups is 1. The van der Waals surface area contributed by atoms with Crippen LogP contribution in [0, 0.1) is 0 Å². The van der Waals surface area contributed by atoms with Crippen LogP contribution in [0.4, 0.5) is 0 Å². The largest absolute Gasteiger partial charge is 0.497 e. The number of hydrogen-bond donors (Lipinski definition) is 1. The van der Waals surface area contributed by atoms with Gasteiger partial charge >= 0.3 is 0 Å². The molecule has 19 heavy (non-hydrogen) atoms. The second-order valence-corrected chi connectivity index (χ2v) is 4.56. The lowest BCUT2D eigenvalue weighted by molar-refractivity contribution is -0.0125. The van der Waals surface area contributed by atoms with E-state index in [1.807, 2.05) is 0 Å². The van der Waals surface area contributed by atoms with Crippen LogP contribution in [0.2, 0.25) is 0 Å². The molecule has 0 saturated heterocycles. The predicted molar refractivity (Wildman–Crippen MR) is 70.4 cm³/mol. The van der Waals surface area contributed by atoms with Crippen molar-refractivity contribution in [2.45, 2.75) is 31.8 Å². The maximum Gasteiger partial charge on any atom is 0.275 e. The third-order valence-corrected chi connectivity index (χ3v) is 3.23. The fourth-order valence-corrected chi connectivity index (χ4v) is 2.14. The fourth-order valence-electron chi connectivity index (χ4n) is 2.14. The van der Waals surface area contributed by atoms with Crippen LogP contribution >= 0.6 is 0 Å². The zero-order valence-corrected chi connectivity index (χ0v) is 11.3. The molecule has 104 valence electrons. The predicted octanol–water partition coefficient (Wildman–Crippen LogP) is 2.31. The molecule has 0 bridgehead atoms. The molecule has 0 radical (unpaired) electrons. The molecule has 1 aromatic carbocycles. The monoisotopic (exact) mass is 265 g/mol. The highest BCUT2D eigenvalue weighted by molar-refractivity contribution is 5.94. The molecule has 1 saturated carbocycles. The van der Waals surface area contributed by atoms with Crippen molar-refractivity contribution in [2.24, 2.45) is 0 Å². The van der Waals surface area contributed by atoms with Gasteiger partial charge in [0.2, 0.25) is 0 Å². The van der Waals surface area contributed by atoms with E-state index in [0.29, 0.717) is 17.1 Å². The number of carbonyl (C=O) groups is 1. The molecule has 1 aliphatic rings. The number of benzene rings is 1. The van der Waals surface area contributed by atoms with Gasteiger partial charge in [-0.3, -0.25) is 9.63 Å². The van der Waals surface area contributed by atoms with Crippen molar-refractivity contribution >= 4 is 5.91 Å². The van der Waals surface area contributed by atoms with Crippen LogP contribution in [0.1, 0.15) is 36.0 Å². The van der Waals surface area contributed by atoms with Crippen LogP contribution in [-0.4, -0.2) is 26.2 Å². The van der Waals surface area contributed by atoms with Crippen molar-refractivity contribution < 1.29 is 19.1 Å². The summed E-state index contributed by atoms with van der Waals surface area (Å²) in [5.74, 6) is 0.861. The Morgan fingerprint density at radius 1 is 1.11 bits per heavy atom. The fraction of sp³-hybridized carbons (Fsp3) is 0.500. The van der Waals surface area contributed by atoms with Gasteiger partial charge in [-0.25, -0.2) is 5.48 Å². The Labute approximate surface area is 112 Å². The molecule has 0 heterocycles. The van der Waals surface area contributed by atoms with Crippen LogP contribution in [0.3, 0.4) is 0 Å². The number of amides is 1. The lowest BCUT2D eigenvalue weighted by Gasteiger charge is -2.12. The highest BCUT2D eigenvalue weighted by Crippen LogP contribution is 2.23. The summed E-state index contributed by atoms with van der Waals surface area (Å²) < 4.78 is 10.2. The van der Waals surface area contributed by atoms with E-state index < -0.39 is 0 Å². The molecule has 1 N–H and O–H groups in total. The van der Waals surface area contributed by atoms with Gasteiger partial charge in [0.1, 0.15) is 11.5 Å². The van der Waals surface area contributed by atoms with E-state index in [2.05, 4.69) is 5.48 Å². The number of carbonyl (C=O) groups excluding carboxylic acids is 1. The summed E-state index contributed by atoms with van der Waals surface area (Å²) in [4.78, 5) is 17.4. The van der Waals surface area contributed by atoms with Crippen molar-refractivity contribution in [2.75, 3.05) is 14.2 Å². The summed E-state index contributed by atoms with van der Waals surface area (Å²) in [6, 6.07) is 5.01. The first kappa shape index (κ1) is 13.7. The van der Waals surface area contributed by atoms with Gasteiger partial charge in [-0.15, -0.1) is 0 Å². The summed E-state index contributed by atoms with van der Waals surface area (Å²) in [7, 11) is 3.09. The summed E-state index contributed by atoms with van der Waals surface area (Å²) in [6.07, 6.45) is 4.46. The second-order valence-electron chi connectivity index (χ2n) is 4.56. The van der Waals surface area contributed by atoms with Crippen LogP contribution in [0.15, 0.2) is 18.2 Å².